The normalized spacial score (nSPS) is 16.7. The zero-order valence-corrected chi connectivity index (χ0v) is 16.7. The number of carbonyl (C=O) groups excluding carboxylic acids is 1. The molecule has 1 aliphatic rings. The van der Waals surface area contributed by atoms with Crippen LogP contribution in [0.5, 0.6) is 0 Å². The minimum atomic E-state index is -3.77. The summed E-state index contributed by atoms with van der Waals surface area (Å²) in [7, 11) is -3.77. The van der Waals surface area contributed by atoms with Crippen LogP contribution in [-0.2, 0) is 14.8 Å². The molecule has 29 heavy (non-hydrogen) atoms. The van der Waals surface area contributed by atoms with Crippen molar-refractivity contribution in [3.8, 4) is 6.07 Å². The number of benzene rings is 2. The maximum absolute atomic E-state index is 13.4. The number of nitriles is 1. The fourth-order valence-electron chi connectivity index (χ4n) is 3.15. The minimum Gasteiger partial charge on any atom is -0.325 e. The smallest absolute Gasteiger partial charge is 0.243 e. The number of sulfonamides is 1. The van der Waals surface area contributed by atoms with Crippen LogP contribution in [0.15, 0.2) is 53.4 Å². The van der Waals surface area contributed by atoms with E-state index in [4.69, 9.17) is 5.26 Å². The van der Waals surface area contributed by atoms with E-state index < -0.39 is 21.9 Å². The molecule has 1 aliphatic heterocycles. The minimum absolute atomic E-state index is 0.0717. The quantitative estimate of drug-likeness (QED) is 0.805. The number of piperazine rings is 1. The van der Waals surface area contributed by atoms with Crippen LogP contribution in [0.4, 0.5) is 10.1 Å². The summed E-state index contributed by atoms with van der Waals surface area (Å²) in [5.41, 5.74) is 1.10. The van der Waals surface area contributed by atoms with Gasteiger partial charge in [-0.1, -0.05) is 6.07 Å². The van der Waals surface area contributed by atoms with Gasteiger partial charge >= 0.3 is 0 Å². The number of hydrogen-bond acceptors (Lipinski definition) is 5. The van der Waals surface area contributed by atoms with Crippen molar-refractivity contribution in [2.24, 2.45) is 0 Å². The van der Waals surface area contributed by atoms with E-state index in [0.717, 1.165) is 6.07 Å². The molecule has 2 aromatic rings. The van der Waals surface area contributed by atoms with Crippen molar-refractivity contribution in [3.05, 3.63) is 59.9 Å². The lowest BCUT2D eigenvalue weighted by Crippen LogP contribution is -2.53. The van der Waals surface area contributed by atoms with Crippen LogP contribution in [0, 0.1) is 17.1 Å². The SMILES string of the molecule is C[C@H](C(=O)Nc1ccc(C#N)cc1)N1CCN(S(=O)(=O)c2cccc(F)c2)CC1. The molecule has 1 saturated heterocycles. The summed E-state index contributed by atoms with van der Waals surface area (Å²) in [6.07, 6.45) is 0. The summed E-state index contributed by atoms with van der Waals surface area (Å²) < 4.78 is 40.1. The number of rotatable bonds is 5. The fraction of sp³-hybridized carbons (Fsp3) is 0.300. The van der Waals surface area contributed by atoms with Gasteiger partial charge in [-0.3, -0.25) is 9.69 Å². The first-order chi connectivity index (χ1) is 13.8. The van der Waals surface area contributed by atoms with E-state index in [2.05, 4.69) is 5.32 Å². The molecular formula is C20H21FN4O3S. The van der Waals surface area contributed by atoms with Crippen LogP contribution in [0.25, 0.3) is 0 Å². The van der Waals surface area contributed by atoms with Gasteiger partial charge in [-0.25, -0.2) is 12.8 Å². The molecule has 1 atom stereocenters. The van der Waals surface area contributed by atoms with E-state index in [1.807, 2.05) is 11.0 Å². The summed E-state index contributed by atoms with van der Waals surface area (Å²) in [6.45, 7) is 2.96. The van der Waals surface area contributed by atoms with Gasteiger partial charge < -0.3 is 5.32 Å². The van der Waals surface area contributed by atoms with Gasteiger partial charge in [0.2, 0.25) is 15.9 Å². The van der Waals surface area contributed by atoms with E-state index in [1.54, 1.807) is 31.2 Å². The van der Waals surface area contributed by atoms with Crippen LogP contribution in [0.3, 0.4) is 0 Å². The molecule has 0 bridgehead atoms. The Labute approximate surface area is 169 Å². The van der Waals surface area contributed by atoms with Crippen molar-refractivity contribution in [1.29, 1.82) is 5.26 Å². The van der Waals surface area contributed by atoms with Gasteiger partial charge in [0.15, 0.2) is 0 Å². The third-order valence-electron chi connectivity index (χ3n) is 4.92. The van der Waals surface area contributed by atoms with E-state index in [0.29, 0.717) is 24.3 Å². The molecule has 0 radical (unpaired) electrons. The summed E-state index contributed by atoms with van der Waals surface area (Å²) >= 11 is 0. The second kappa shape index (κ2) is 8.69. The molecule has 0 saturated carbocycles. The highest BCUT2D eigenvalue weighted by Gasteiger charge is 2.32. The van der Waals surface area contributed by atoms with Crippen LogP contribution >= 0.6 is 0 Å². The number of halogens is 1. The average Bonchev–Trinajstić information content (AvgIpc) is 2.74. The first-order valence-corrected chi connectivity index (χ1v) is 10.6. The molecule has 0 aromatic heterocycles. The Bertz CT molecular complexity index is 1030. The van der Waals surface area contributed by atoms with Crippen molar-refractivity contribution >= 4 is 21.6 Å². The van der Waals surface area contributed by atoms with Crippen LogP contribution in [0.1, 0.15) is 12.5 Å². The molecule has 152 valence electrons. The molecule has 0 aliphatic carbocycles. The Morgan fingerprint density at radius 1 is 1.14 bits per heavy atom. The van der Waals surface area contributed by atoms with Gasteiger partial charge in [-0.05, 0) is 49.4 Å². The molecule has 0 unspecified atom stereocenters. The molecule has 1 N–H and O–H groups in total. The maximum Gasteiger partial charge on any atom is 0.243 e. The van der Waals surface area contributed by atoms with E-state index in [-0.39, 0.29) is 23.9 Å². The Kier molecular flexibility index (Phi) is 6.27. The highest BCUT2D eigenvalue weighted by molar-refractivity contribution is 7.89. The lowest BCUT2D eigenvalue weighted by Gasteiger charge is -2.36. The topological polar surface area (TPSA) is 93.5 Å². The number of anilines is 1. The van der Waals surface area contributed by atoms with Crippen molar-refractivity contribution in [2.75, 3.05) is 31.5 Å². The third kappa shape index (κ3) is 4.79. The molecule has 2 aromatic carbocycles. The predicted octanol–water partition coefficient (Wildman–Crippen LogP) is 2.03. The van der Waals surface area contributed by atoms with Crippen LogP contribution in [-0.4, -0.2) is 55.8 Å². The van der Waals surface area contributed by atoms with Crippen molar-refractivity contribution in [1.82, 2.24) is 9.21 Å². The Balaban J connectivity index is 1.59. The number of nitrogens with one attached hydrogen (secondary N) is 1. The monoisotopic (exact) mass is 416 g/mol. The Morgan fingerprint density at radius 2 is 1.79 bits per heavy atom. The van der Waals surface area contributed by atoms with Gasteiger partial charge in [0, 0.05) is 31.9 Å². The number of nitrogens with zero attached hydrogens (tertiary/aromatic N) is 3. The van der Waals surface area contributed by atoms with E-state index in [1.165, 1.54) is 22.5 Å². The predicted molar refractivity (Wildman–Crippen MR) is 106 cm³/mol. The van der Waals surface area contributed by atoms with Crippen molar-refractivity contribution in [2.45, 2.75) is 17.9 Å². The third-order valence-corrected chi connectivity index (χ3v) is 6.81. The molecule has 1 heterocycles. The standard InChI is InChI=1S/C20H21FN4O3S/c1-15(20(26)23-18-7-5-16(14-22)6-8-18)24-9-11-25(12-10-24)29(27,28)19-4-2-3-17(21)13-19/h2-8,13,15H,9-12H2,1H3,(H,23,26)/t15-/m1/s1. The van der Waals surface area contributed by atoms with Gasteiger partial charge in [0.25, 0.3) is 0 Å². The number of hydrogen-bond donors (Lipinski definition) is 1. The van der Waals surface area contributed by atoms with Crippen LogP contribution in [0.2, 0.25) is 0 Å². The average molecular weight is 416 g/mol. The molecule has 0 spiro atoms. The fourth-order valence-corrected chi connectivity index (χ4v) is 4.60. The Hall–Kier alpha value is -2.80. The Morgan fingerprint density at radius 3 is 2.38 bits per heavy atom. The number of amides is 1. The van der Waals surface area contributed by atoms with Gasteiger partial charge in [0.1, 0.15) is 5.82 Å². The van der Waals surface area contributed by atoms with Crippen molar-refractivity contribution < 1.29 is 17.6 Å². The molecule has 7 nitrogen and oxygen atoms in total. The van der Waals surface area contributed by atoms with Crippen molar-refractivity contribution in [3.63, 3.8) is 0 Å². The summed E-state index contributed by atoms with van der Waals surface area (Å²) in [6, 6.07) is 13.1. The lowest BCUT2D eigenvalue weighted by molar-refractivity contribution is -0.121. The van der Waals surface area contributed by atoms with Gasteiger partial charge in [-0.2, -0.15) is 9.57 Å². The lowest BCUT2D eigenvalue weighted by atomic mass is 10.2. The molecule has 1 fully saturated rings. The largest absolute Gasteiger partial charge is 0.325 e. The first-order valence-electron chi connectivity index (χ1n) is 9.12. The highest BCUT2D eigenvalue weighted by Crippen LogP contribution is 2.19. The zero-order valence-electron chi connectivity index (χ0n) is 15.9. The van der Waals surface area contributed by atoms with E-state index >= 15 is 0 Å². The molecular weight excluding hydrogens is 395 g/mol. The molecule has 1 amide bonds. The van der Waals surface area contributed by atoms with Gasteiger partial charge in [-0.15, -0.1) is 0 Å². The van der Waals surface area contributed by atoms with Crippen LogP contribution < -0.4 is 5.32 Å². The first kappa shape index (κ1) is 20.9. The summed E-state index contributed by atoms with van der Waals surface area (Å²) in [5, 5.41) is 11.6. The second-order valence-electron chi connectivity index (χ2n) is 6.75. The number of carbonyl (C=O) groups is 1. The molecule has 3 rings (SSSR count). The van der Waals surface area contributed by atoms with Gasteiger partial charge in [0.05, 0.1) is 22.6 Å². The molecule has 9 heteroatoms. The summed E-state index contributed by atoms with van der Waals surface area (Å²) in [4.78, 5) is 14.3. The summed E-state index contributed by atoms with van der Waals surface area (Å²) in [5.74, 6) is -0.811. The zero-order chi connectivity index (χ0) is 21.0. The van der Waals surface area contributed by atoms with E-state index in [9.17, 15) is 17.6 Å². The second-order valence-corrected chi connectivity index (χ2v) is 8.69. The highest BCUT2D eigenvalue weighted by atomic mass is 32.2. The maximum atomic E-state index is 13.4.